The Balaban J connectivity index is 1.70. The smallest absolute Gasteiger partial charge is 0.265 e. The van der Waals surface area contributed by atoms with Crippen LogP contribution in [0.2, 0.25) is 0 Å². The molecule has 1 aromatic rings. The minimum absolute atomic E-state index is 0.185. The van der Waals surface area contributed by atoms with Crippen LogP contribution >= 0.6 is 11.3 Å². The number of nitrogens with zero attached hydrogens (tertiary/aromatic N) is 2. The van der Waals surface area contributed by atoms with Crippen molar-refractivity contribution in [2.75, 3.05) is 19.6 Å². The number of thiazole rings is 1. The average Bonchev–Trinajstić information content (AvgIpc) is 3.16. The van der Waals surface area contributed by atoms with Gasteiger partial charge in [-0.2, -0.15) is 0 Å². The van der Waals surface area contributed by atoms with Crippen LogP contribution in [0.15, 0.2) is 0 Å². The van der Waals surface area contributed by atoms with Crippen LogP contribution in [0.4, 0.5) is 0 Å². The second kappa shape index (κ2) is 6.44. The summed E-state index contributed by atoms with van der Waals surface area (Å²) in [6.07, 6.45) is 7.16. The van der Waals surface area contributed by atoms with Crippen molar-refractivity contribution in [1.82, 2.24) is 9.88 Å². The maximum Gasteiger partial charge on any atom is 0.265 e. The second-order valence-corrected chi connectivity index (χ2v) is 7.45. The summed E-state index contributed by atoms with van der Waals surface area (Å²) in [5.41, 5.74) is 6.65. The first-order chi connectivity index (χ1) is 10.2. The number of carbonyl (C=O) groups is 1. The summed E-state index contributed by atoms with van der Waals surface area (Å²) in [6.45, 7) is 4.41. The molecule has 0 spiro atoms. The van der Waals surface area contributed by atoms with Gasteiger partial charge in [-0.25, -0.2) is 4.98 Å². The molecule has 5 heteroatoms. The van der Waals surface area contributed by atoms with Gasteiger partial charge >= 0.3 is 0 Å². The number of carbonyl (C=O) groups excluding carboxylic acids is 1. The van der Waals surface area contributed by atoms with E-state index in [4.69, 9.17) is 10.7 Å². The normalized spacial score (nSPS) is 21.1. The molecule has 2 aliphatic rings. The molecule has 2 N–H and O–H groups in total. The third-order valence-electron chi connectivity index (χ3n) is 4.95. The molecule has 0 bridgehead atoms. The summed E-state index contributed by atoms with van der Waals surface area (Å²) in [6, 6.07) is 0. The lowest BCUT2D eigenvalue weighted by Gasteiger charge is -2.31. The number of hydrogen-bond acceptors (Lipinski definition) is 4. The summed E-state index contributed by atoms with van der Waals surface area (Å²) in [4.78, 5) is 20.3. The largest absolute Gasteiger partial charge is 0.338 e. The van der Waals surface area contributed by atoms with E-state index in [1.807, 2.05) is 11.8 Å². The zero-order valence-electron chi connectivity index (χ0n) is 12.8. The highest BCUT2D eigenvalue weighted by molar-refractivity contribution is 7.13. The highest BCUT2D eigenvalue weighted by Gasteiger charge is 2.28. The van der Waals surface area contributed by atoms with Crippen molar-refractivity contribution in [1.29, 1.82) is 0 Å². The van der Waals surface area contributed by atoms with Crippen LogP contribution in [0.1, 0.15) is 64.8 Å². The van der Waals surface area contributed by atoms with Crippen LogP contribution in [-0.2, 0) is 0 Å². The van der Waals surface area contributed by atoms with Crippen LogP contribution in [0, 0.1) is 12.8 Å². The number of aromatic nitrogens is 1. The van der Waals surface area contributed by atoms with Crippen molar-refractivity contribution >= 4 is 17.2 Å². The van der Waals surface area contributed by atoms with Crippen molar-refractivity contribution in [3.05, 3.63) is 15.6 Å². The summed E-state index contributed by atoms with van der Waals surface area (Å²) < 4.78 is 0. The molecule has 1 aliphatic carbocycles. The highest BCUT2D eigenvalue weighted by Crippen LogP contribution is 2.37. The number of rotatable bonds is 3. The number of aryl methyl sites for hydroxylation is 1. The lowest BCUT2D eigenvalue weighted by atomic mass is 9.97. The molecule has 4 nitrogen and oxygen atoms in total. The van der Waals surface area contributed by atoms with Crippen molar-refractivity contribution in [3.63, 3.8) is 0 Å². The fourth-order valence-electron chi connectivity index (χ4n) is 3.48. The zero-order chi connectivity index (χ0) is 14.8. The van der Waals surface area contributed by atoms with E-state index in [2.05, 4.69) is 0 Å². The van der Waals surface area contributed by atoms with Gasteiger partial charge in [0, 0.05) is 19.0 Å². The molecule has 116 valence electrons. The SMILES string of the molecule is Cc1nc(C2CCCC2)sc1C(=O)N1CCC(CN)CC1. The monoisotopic (exact) mass is 307 g/mol. The number of likely N-dealkylation sites (tertiary alicyclic amines) is 1. The molecule has 21 heavy (non-hydrogen) atoms. The van der Waals surface area contributed by atoms with Crippen LogP contribution in [-0.4, -0.2) is 35.4 Å². The molecule has 1 saturated carbocycles. The third kappa shape index (κ3) is 3.14. The lowest BCUT2D eigenvalue weighted by Crippen LogP contribution is -2.40. The van der Waals surface area contributed by atoms with E-state index in [0.29, 0.717) is 11.8 Å². The van der Waals surface area contributed by atoms with Gasteiger partial charge in [-0.05, 0) is 45.1 Å². The Morgan fingerprint density at radius 1 is 1.29 bits per heavy atom. The highest BCUT2D eigenvalue weighted by atomic mass is 32.1. The maximum absolute atomic E-state index is 12.7. The Hall–Kier alpha value is -0.940. The van der Waals surface area contributed by atoms with E-state index in [-0.39, 0.29) is 5.91 Å². The molecule has 2 heterocycles. The van der Waals surface area contributed by atoms with Crippen molar-refractivity contribution in [3.8, 4) is 0 Å². The van der Waals surface area contributed by atoms with Gasteiger partial charge in [-0.1, -0.05) is 12.8 Å². The molecule has 1 amide bonds. The van der Waals surface area contributed by atoms with E-state index in [1.165, 1.54) is 30.7 Å². The standard InChI is InChI=1S/C16H25N3OS/c1-11-14(21-15(18-11)13-4-2-3-5-13)16(20)19-8-6-12(10-17)7-9-19/h12-13H,2-10,17H2,1H3. The molecular weight excluding hydrogens is 282 g/mol. The van der Waals surface area contributed by atoms with Crippen molar-refractivity contribution < 1.29 is 4.79 Å². The topological polar surface area (TPSA) is 59.2 Å². The Morgan fingerprint density at radius 2 is 1.95 bits per heavy atom. The van der Waals surface area contributed by atoms with Crippen molar-refractivity contribution in [2.24, 2.45) is 11.7 Å². The minimum Gasteiger partial charge on any atom is -0.338 e. The van der Waals surface area contributed by atoms with Gasteiger partial charge in [0.25, 0.3) is 5.91 Å². The first-order valence-electron chi connectivity index (χ1n) is 8.15. The number of nitrogens with two attached hydrogens (primary N) is 1. The van der Waals surface area contributed by atoms with E-state index < -0.39 is 0 Å². The molecule has 3 rings (SSSR count). The molecule has 0 aromatic carbocycles. The Bertz CT molecular complexity index is 500. The molecular formula is C16H25N3OS. The second-order valence-electron chi connectivity index (χ2n) is 6.42. The molecule has 0 unspecified atom stereocenters. The van der Waals surface area contributed by atoms with E-state index >= 15 is 0 Å². The zero-order valence-corrected chi connectivity index (χ0v) is 13.6. The predicted octanol–water partition coefficient (Wildman–Crippen LogP) is 2.92. The summed E-state index contributed by atoms with van der Waals surface area (Å²) in [5, 5.41) is 1.19. The van der Waals surface area contributed by atoms with Gasteiger partial charge < -0.3 is 10.6 Å². The van der Waals surface area contributed by atoms with E-state index in [9.17, 15) is 4.79 Å². The molecule has 1 aromatic heterocycles. The Labute approximate surface area is 130 Å². The van der Waals surface area contributed by atoms with Gasteiger partial charge in [0.15, 0.2) is 0 Å². The van der Waals surface area contributed by atoms with Crippen LogP contribution in [0.3, 0.4) is 0 Å². The van der Waals surface area contributed by atoms with Crippen LogP contribution in [0.5, 0.6) is 0 Å². The van der Waals surface area contributed by atoms with Gasteiger partial charge in [-0.3, -0.25) is 4.79 Å². The lowest BCUT2D eigenvalue weighted by molar-refractivity contribution is 0.0697. The molecule has 1 aliphatic heterocycles. The Morgan fingerprint density at radius 3 is 2.57 bits per heavy atom. The summed E-state index contributed by atoms with van der Waals surface area (Å²) in [5.74, 6) is 1.37. The number of hydrogen-bond donors (Lipinski definition) is 1. The maximum atomic E-state index is 12.7. The van der Waals surface area contributed by atoms with Gasteiger partial charge in [0.1, 0.15) is 4.88 Å². The third-order valence-corrected chi connectivity index (χ3v) is 6.25. The first-order valence-corrected chi connectivity index (χ1v) is 8.97. The average molecular weight is 307 g/mol. The molecule has 0 atom stereocenters. The Kier molecular flexibility index (Phi) is 4.60. The summed E-state index contributed by atoms with van der Waals surface area (Å²) >= 11 is 1.64. The molecule has 0 radical (unpaired) electrons. The van der Waals surface area contributed by atoms with Gasteiger partial charge in [-0.15, -0.1) is 11.3 Å². The van der Waals surface area contributed by atoms with E-state index in [0.717, 1.165) is 43.0 Å². The first kappa shape index (κ1) is 15.0. The summed E-state index contributed by atoms with van der Waals surface area (Å²) in [7, 11) is 0. The number of piperidine rings is 1. The van der Waals surface area contributed by atoms with Gasteiger partial charge in [0.05, 0.1) is 10.7 Å². The molecule has 2 fully saturated rings. The van der Waals surface area contributed by atoms with E-state index in [1.54, 1.807) is 11.3 Å². The number of amides is 1. The van der Waals surface area contributed by atoms with Gasteiger partial charge in [0.2, 0.25) is 0 Å². The van der Waals surface area contributed by atoms with Crippen molar-refractivity contribution in [2.45, 2.75) is 51.4 Å². The molecule has 1 saturated heterocycles. The van der Waals surface area contributed by atoms with Crippen LogP contribution in [0.25, 0.3) is 0 Å². The quantitative estimate of drug-likeness (QED) is 0.934. The van der Waals surface area contributed by atoms with Crippen LogP contribution < -0.4 is 5.73 Å². The minimum atomic E-state index is 0.185. The fourth-order valence-corrected chi connectivity index (χ4v) is 4.68. The predicted molar refractivity (Wildman–Crippen MR) is 85.7 cm³/mol. The fraction of sp³-hybridized carbons (Fsp3) is 0.750.